The van der Waals surface area contributed by atoms with Gasteiger partial charge in [-0.2, -0.15) is 68.0 Å². The average molecular weight is 2190 g/mol. The number of hydrogen-bond donors (Lipinski definition) is 0. The molecular weight excluding hydrogens is 2140 g/mol. The van der Waals surface area contributed by atoms with E-state index < -0.39 is 117 Å². The van der Waals surface area contributed by atoms with Gasteiger partial charge >= 0.3 is 169 Å². The van der Waals surface area contributed by atoms with Crippen molar-refractivity contribution < 1.29 is 327 Å². The van der Waals surface area contributed by atoms with Crippen LogP contribution in [0.4, 0.5) is 0 Å². The zero-order chi connectivity index (χ0) is 74.9. The van der Waals surface area contributed by atoms with E-state index in [9.17, 15) is 158 Å². The van der Waals surface area contributed by atoms with Gasteiger partial charge in [-0.3, -0.25) is 0 Å². The molecule has 6 aromatic rings. The molecule has 46 heteroatoms. The van der Waals surface area contributed by atoms with Crippen LogP contribution in [0.15, 0.2) is 64.6 Å². The van der Waals surface area contributed by atoms with Crippen LogP contribution in [0.3, 0.4) is 0 Å². The smallest absolute Gasteiger partial charge is 0.550 e. The number of hydrogen-bond acceptors (Lipinski definition) is 38. The molecule has 102 heavy (non-hydrogen) atoms. The second-order valence-electron chi connectivity index (χ2n) is 20.8. The van der Waals surface area contributed by atoms with Gasteiger partial charge in [-0.25, -0.2) is 0 Å². The van der Waals surface area contributed by atoms with Crippen LogP contribution >= 0.6 is 68.0 Å². The van der Waals surface area contributed by atoms with Crippen molar-refractivity contribution >= 4 is 164 Å². The summed E-state index contributed by atoms with van der Waals surface area (Å²) in [7, 11) is 0. The second-order valence-corrected chi connectivity index (χ2v) is 25.3. The predicted molar refractivity (Wildman–Crippen MR) is 296 cm³/mol. The summed E-state index contributed by atoms with van der Waals surface area (Å²) in [4.78, 5) is 162. The first-order valence-corrected chi connectivity index (χ1v) is 30.0. The van der Waals surface area contributed by atoms with Gasteiger partial charge in [0.05, 0.1) is 71.6 Å². The standard InChI is InChI=1S/6C6H4O4S.4C5H10O2.8Mo/c6*7-5(8)3-1-11-2-4(3)6(9)10;4*1-5(2,3)4(6)7;;;;;;;;/h6*1-2H,(H,7,8)(H,9,10);4*1-3H3,(H,6,7);;;;;;;;/q;;;;;;;;;;8*+2/p-16. The molecule has 0 atom stereocenters. The fourth-order valence-electron chi connectivity index (χ4n) is 3.68. The van der Waals surface area contributed by atoms with Gasteiger partial charge in [0.2, 0.25) is 0 Å². The number of carboxylic acid groups (broad SMARTS) is 16. The van der Waals surface area contributed by atoms with Crippen molar-refractivity contribution in [3.05, 3.63) is 131 Å². The van der Waals surface area contributed by atoms with Crippen LogP contribution in [0.2, 0.25) is 0 Å². The maximum atomic E-state index is 10.2. The summed E-state index contributed by atoms with van der Waals surface area (Å²) in [6, 6.07) is 0. The van der Waals surface area contributed by atoms with Gasteiger partial charge in [-0.05, 0) is 0 Å². The van der Waals surface area contributed by atoms with Crippen molar-refractivity contribution in [1.82, 2.24) is 0 Å². The maximum Gasteiger partial charge on any atom is 2.00 e. The second kappa shape index (κ2) is 59.4. The fraction of sp³-hybridized carbons (Fsp3) is 0.286. The zero-order valence-corrected chi connectivity index (χ0v) is 74.7. The molecule has 0 saturated carbocycles. The first-order chi connectivity index (χ1) is 42.5. The van der Waals surface area contributed by atoms with Crippen LogP contribution in [-0.4, -0.2) is 95.5 Å². The summed E-state index contributed by atoms with van der Waals surface area (Å²) in [5, 5.41) is 176. The van der Waals surface area contributed by atoms with Crippen LogP contribution < -0.4 is 81.7 Å². The number of carbonyl (C=O) groups is 16. The topological polar surface area (TPSA) is 642 Å². The summed E-state index contributed by atoms with van der Waals surface area (Å²) in [5.74, 6) is -22.0. The molecule has 0 N–H and O–H groups in total. The van der Waals surface area contributed by atoms with Crippen LogP contribution in [0.1, 0.15) is 207 Å². The maximum absolute atomic E-state index is 10.2. The summed E-state index contributed by atoms with van der Waals surface area (Å²) >= 11 is 5.89. The molecule has 6 rings (SSSR count). The fourth-order valence-corrected chi connectivity index (χ4v) is 8.40. The molecule has 0 saturated heterocycles. The zero-order valence-electron chi connectivity index (χ0n) is 53.7. The van der Waals surface area contributed by atoms with E-state index in [1.54, 1.807) is 83.1 Å². The summed E-state index contributed by atoms with van der Waals surface area (Å²) < 4.78 is 0. The Labute approximate surface area is 718 Å². The number of carboxylic acids is 16. The van der Waals surface area contributed by atoms with Crippen LogP contribution in [0, 0.1) is 21.7 Å². The Morgan fingerprint density at radius 1 is 0.176 bits per heavy atom. The van der Waals surface area contributed by atoms with E-state index in [1.807, 2.05) is 0 Å². The number of rotatable bonds is 12. The van der Waals surface area contributed by atoms with Crippen molar-refractivity contribution in [2.24, 2.45) is 21.7 Å². The van der Waals surface area contributed by atoms with E-state index in [2.05, 4.69) is 0 Å². The molecule has 6 heterocycles. The normalized spacial score (nSPS) is 9.22. The van der Waals surface area contributed by atoms with Gasteiger partial charge in [0.15, 0.2) is 0 Å². The predicted octanol–water partition coefficient (Wildman–Crippen LogP) is -10.0. The molecule has 0 radical (unpaired) electrons. The van der Waals surface area contributed by atoms with Gasteiger partial charge in [0.1, 0.15) is 0 Å². The molecule has 0 fully saturated rings. The Hall–Kier alpha value is -4.77. The Morgan fingerprint density at radius 2 is 0.225 bits per heavy atom. The number of aromatic carboxylic acids is 12. The van der Waals surface area contributed by atoms with Gasteiger partial charge in [0.25, 0.3) is 0 Å². The Bertz CT molecular complexity index is 2920. The number of carbonyl (C=O) groups excluding carboxylic acids is 16. The van der Waals surface area contributed by atoms with Crippen LogP contribution in [0.25, 0.3) is 0 Å². The average Bonchev–Trinajstić information content (AvgIpc) is 4.30. The third kappa shape index (κ3) is 52.2. The van der Waals surface area contributed by atoms with E-state index >= 15 is 0 Å². The van der Waals surface area contributed by atoms with E-state index in [1.165, 1.54) is 64.6 Å². The molecule has 0 aliphatic heterocycles. The van der Waals surface area contributed by atoms with Crippen LogP contribution in [-0.2, 0) is 188 Å². The Morgan fingerprint density at radius 3 is 0.255 bits per heavy atom. The van der Waals surface area contributed by atoms with Gasteiger partial charge in [-0.1, -0.05) is 83.1 Å². The monoisotopic (exact) mass is 2210 g/mol. The molecule has 548 valence electrons. The van der Waals surface area contributed by atoms with E-state index in [0.29, 0.717) is 0 Å². The molecule has 0 spiro atoms. The van der Waals surface area contributed by atoms with Crippen molar-refractivity contribution in [1.29, 1.82) is 0 Å². The molecule has 6 aromatic heterocycles. The van der Waals surface area contributed by atoms with Gasteiger partial charge < -0.3 is 158 Å². The molecule has 0 unspecified atom stereocenters. The van der Waals surface area contributed by atoms with E-state index in [-0.39, 0.29) is 235 Å². The quantitative estimate of drug-likeness (QED) is 0.103. The summed E-state index contributed by atoms with van der Waals surface area (Å²) in [6.07, 6.45) is 0. The summed E-state index contributed by atoms with van der Waals surface area (Å²) in [5.41, 5.74) is -6.67. The van der Waals surface area contributed by atoms with Gasteiger partial charge in [-0.15, -0.1) is 0 Å². The molecule has 0 amide bonds. The SMILES string of the molecule is CC(C)(C)C(=O)[O-].CC(C)(C)C(=O)[O-].CC(C)(C)C(=O)[O-].CC(C)(C)C(=O)[O-].O=C([O-])c1cscc1C(=O)[O-].O=C([O-])c1cscc1C(=O)[O-].O=C([O-])c1cscc1C(=O)[O-].O=C([O-])c1cscc1C(=O)[O-].O=C([O-])c1cscc1C(=O)[O-].O=C([O-])c1cscc1C(=O)[O-].[Mo+2].[Mo+2].[Mo+2].[Mo+2].[Mo+2].[Mo+2].[Mo+2].[Mo+2]. The van der Waals surface area contributed by atoms with E-state index in [4.69, 9.17) is 0 Å². The number of aliphatic carboxylic acids is 4. The summed E-state index contributed by atoms with van der Waals surface area (Å²) in [6.45, 7) is 19.2. The minimum atomic E-state index is -1.49. The van der Waals surface area contributed by atoms with Crippen molar-refractivity contribution in [2.75, 3.05) is 0 Å². The molecule has 0 aromatic carbocycles. The minimum Gasteiger partial charge on any atom is -0.550 e. The molecular formula is C56H48Mo8O32S6. The molecule has 0 aliphatic rings. The Balaban J connectivity index is -0.0000000880. The third-order valence-electron chi connectivity index (χ3n) is 9.06. The van der Waals surface area contributed by atoms with Crippen molar-refractivity contribution in [3.63, 3.8) is 0 Å². The van der Waals surface area contributed by atoms with Gasteiger partial charge in [0, 0.05) is 177 Å². The van der Waals surface area contributed by atoms with Crippen molar-refractivity contribution in [3.8, 4) is 0 Å². The van der Waals surface area contributed by atoms with Crippen LogP contribution in [0.5, 0.6) is 0 Å². The third-order valence-corrected chi connectivity index (χ3v) is 13.5. The minimum absolute atomic E-state index is 0. The first kappa shape index (κ1) is 124. The first-order valence-electron chi connectivity index (χ1n) is 24.3. The number of thiophene rings is 6. The van der Waals surface area contributed by atoms with E-state index in [0.717, 1.165) is 68.0 Å². The largest absolute Gasteiger partial charge is 2.00 e. The molecule has 32 nitrogen and oxygen atoms in total. The van der Waals surface area contributed by atoms with Crippen molar-refractivity contribution in [2.45, 2.75) is 83.1 Å². The molecule has 0 aliphatic carbocycles. The molecule has 0 bridgehead atoms. The Kier molecular flexibility index (Phi) is 72.2.